The van der Waals surface area contributed by atoms with Crippen molar-refractivity contribution < 1.29 is 4.74 Å². The second kappa shape index (κ2) is 8.34. The first-order valence-electron chi connectivity index (χ1n) is 11.2. The summed E-state index contributed by atoms with van der Waals surface area (Å²) in [4.78, 5) is 6.91. The fourth-order valence-electron chi connectivity index (χ4n) is 5.08. The molecule has 2 heterocycles. The van der Waals surface area contributed by atoms with Crippen molar-refractivity contribution in [3.63, 3.8) is 0 Å². The molecular formula is C23H34N2OS. The lowest BCUT2D eigenvalue weighted by molar-refractivity contribution is 0.0741. The Bertz CT molecular complexity index is 623. The van der Waals surface area contributed by atoms with Gasteiger partial charge in [-0.2, -0.15) is 0 Å². The summed E-state index contributed by atoms with van der Waals surface area (Å²) in [6.45, 7) is 7.14. The number of nitrogens with zero attached hydrogens (tertiary/aromatic N) is 2. The number of piperazine rings is 1. The molecule has 2 saturated carbocycles. The lowest BCUT2D eigenvalue weighted by Crippen LogP contribution is -2.51. The average Bonchev–Trinajstić information content (AvgIpc) is 3.62. The van der Waals surface area contributed by atoms with Crippen LogP contribution >= 0.6 is 11.8 Å². The van der Waals surface area contributed by atoms with E-state index < -0.39 is 0 Å². The number of aryl methyl sites for hydroxylation is 1. The normalized spacial score (nSPS) is 24.2. The highest BCUT2D eigenvalue weighted by atomic mass is 32.2. The number of fused-ring (bicyclic) bond motifs is 1. The standard InChI is InChI=1S/C23H34N2OS/c1-4-20-5-2-17-27-23(20)21(6-1)26-16-3-11-24-12-14-25(15-13-24)22(18-7-8-18)19-9-10-19/h1,4,6,18-19,22H,2-3,5,7-17H2. The molecule has 0 unspecified atom stereocenters. The van der Waals surface area contributed by atoms with Crippen LogP contribution in [0.5, 0.6) is 5.75 Å². The number of thioether (sulfide) groups is 1. The van der Waals surface area contributed by atoms with Gasteiger partial charge in [0.05, 0.1) is 11.5 Å². The number of hydrogen-bond donors (Lipinski definition) is 0. The minimum Gasteiger partial charge on any atom is -0.492 e. The van der Waals surface area contributed by atoms with Crippen LogP contribution in [0.4, 0.5) is 0 Å². The zero-order valence-corrected chi connectivity index (χ0v) is 17.4. The Balaban J connectivity index is 1.04. The van der Waals surface area contributed by atoms with Gasteiger partial charge in [-0.25, -0.2) is 0 Å². The van der Waals surface area contributed by atoms with Gasteiger partial charge in [0.1, 0.15) is 5.75 Å². The zero-order valence-electron chi connectivity index (χ0n) is 16.6. The highest BCUT2D eigenvalue weighted by Gasteiger charge is 2.44. The molecule has 3 fully saturated rings. The van der Waals surface area contributed by atoms with Gasteiger partial charge in [0, 0.05) is 38.8 Å². The van der Waals surface area contributed by atoms with E-state index in [2.05, 4.69) is 28.0 Å². The van der Waals surface area contributed by atoms with Crippen molar-refractivity contribution in [3.05, 3.63) is 23.8 Å². The van der Waals surface area contributed by atoms with E-state index in [4.69, 9.17) is 4.74 Å². The molecule has 1 aromatic carbocycles. The molecule has 0 amide bonds. The predicted molar refractivity (Wildman–Crippen MR) is 113 cm³/mol. The average molecular weight is 387 g/mol. The summed E-state index contributed by atoms with van der Waals surface area (Å²) in [5.74, 6) is 4.46. The summed E-state index contributed by atoms with van der Waals surface area (Å²) in [6.07, 6.45) is 9.66. The van der Waals surface area contributed by atoms with Crippen LogP contribution in [0.15, 0.2) is 23.1 Å². The molecule has 4 aliphatic rings. The summed E-state index contributed by atoms with van der Waals surface area (Å²) in [6, 6.07) is 7.53. The van der Waals surface area contributed by atoms with Crippen LogP contribution in [0.1, 0.15) is 44.1 Å². The fourth-order valence-corrected chi connectivity index (χ4v) is 6.20. The highest BCUT2D eigenvalue weighted by Crippen LogP contribution is 2.47. The van der Waals surface area contributed by atoms with Crippen LogP contribution in [-0.2, 0) is 6.42 Å². The van der Waals surface area contributed by atoms with Crippen LogP contribution in [-0.4, -0.2) is 60.9 Å². The van der Waals surface area contributed by atoms with Crippen LogP contribution in [0, 0.1) is 11.8 Å². The van der Waals surface area contributed by atoms with E-state index in [0.717, 1.165) is 36.7 Å². The van der Waals surface area contributed by atoms with Crippen molar-refractivity contribution in [2.24, 2.45) is 11.8 Å². The van der Waals surface area contributed by atoms with E-state index in [9.17, 15) is 0 Å². The van der Waals surface area contributed by atoms with Gasteiger partial charge in [0.25, 0.3) is 0 Å². The largest absolute Gasteiger partial charge is 0.492 e. The summed E-state index contributed by atoms with van der Waals surface area (Å²) in [5, 5.41) is 0. The Morgan fingerprint density at radius 2 is 1.81 bits per heavy atom. The van der Waals surface area contributed by atoms with Gasteiger partial charge in [0.2, 0.25) is 0 Å². The van der Waals surface area contributed by atoms with E-state index in [1.54, 1.807) is 0 Å². The van der Waals surface area contributed by atoms with Crippen molar-refractivity contribution in [1.82, 2.24) is 9.80 Å². The van der Waals surface area contributed by atoms with Gasteiger partial charge < -0.3 is 9.64 Å². The van der Waals surface area contributed by atoms with Crippen molar-refractivity contribution >= 4 is 11.8 Å². The molecule has 2 aliphatic carbocycles. The summed E-state index contributed by atoms with van der Waals surface area (Å²) < 4.78 is 6.18. The van der Waals surface area contributed by atoms with Crippen molar-refractivity contribution in [2.45, 2.75) is 55.9 Å². The predicted octanol–water partition coefficient (Wildman–Crippen LogP) is 4.30. The summed E-state index contributed by atoms with van der Waals surface area (Å²) in [5.41, 5.74) is 1.49. The Hall–Kier alpha value is -0.710. The molecule has 0 atom stereocenters. The van der Waals surface area contributed by atoms with Crippen molar-refractivity contribution in [3.8, 4) is 5.75 Å². The third-order valence-electron chi connectivity index (χ3n) is 6.81. The first-order valence-corrected chi connectivity index (χ1v) is 12.2. The molecule has 0 aromatic heterocycles. The molecule has 5 rings (SSSR count). The molecule has 0 radical (unpaired) electrons. The molecule has 1 saturated heterocycles. The molecule has 0 bridgehead atoms. The molecule has 148 valence electrons. The molecular weight excluding hydrogens is 352 g/mol. The smallest absolute Gasteiger partial charge is 0.133 e. The maximum absolute atomic E-state index is 6.18. The molecule has 27 heavy (non-hydrogen) atoms. The highest BCUT2D eigenvalue weighted by molar-refractivity contribution is 7.99. The lowest BCUT2D eigenvalue weighted by atomic mass is 10.0. The van der Waals surface area contributed by atoms with Crippen LogP contribution in [0.25, 0.3) is 0 Å². The monoisotopic (exact) mass is 386 g/mol. The number of rotatable bonds is 8. The second-order valence-corrected chi connectivity index (χ2v) is 10.0. The fraction of sp³-hybridized carbons (Fsp3) is 0.739. The number of ether oxygens (including phenoxy) is 1. The second-order valence-electron chi connectivity index (χ2n) is 8.94. The SMILES string of the molecule is c1cc2c(c(OCCCN3CCN(C(C4CC4)C4CC4)CC3)c1)SCCC2. The van der Waals surface area contributed by atoms with Gasteiger partial charge in [-0.1, -0.05) is 12.1 Å². The Morgan fingerprint density at radius 1 is 1.04 bits per heavy atom. The van der Waals surface area contributed by atoms with E-state index in [0.29, 0.717) is 0 Å². The van der Waals surface area contributed by atoms with Crippen molar-refractivity contribution in [1.29, 1.82) is 0 Å². The van der Waals surface area contributed by atoms with E-state index in [1.807, 2.05) is 11.8 Å². The first-order chi connectivity index (χ1) is 13.4. The topological polar surface area (TPSA) is 15.7 Å². The van der Waals surface area contributed by atoms with E-state index in [-0.39, 0.29) is 0 Å². The Morgan fingerprint density at radius 3 is 2.56 bits per heavy atom. The van der Waals surface area contributed by atoms with E-state index in [1.165, 1.54) is 87.5 Å². The maximum atomic E-state index is 6.18. The summed E-state index contributed by atoms with van der Waals surface area (Å²) in [7, 11) is 0. The molecule has 0 spiro atoms. The lowest BCUT2D eigenvalue weighted by Gasteiger charge is -2.40. The quantitative estimate of drug-likeness (QED) is 0.619. The zero-order chi connectivity index (χ0) is 18.1. The minimum atomic E-state index is 0.851. The molecule has 1 aromatic rings. The van der Waals surface area contributed by atoms with E-state index >= 15 is 0 Å². The third-order valence-corrected chi connectivity index (χ3v) is 8.06. The Labute approximate surface area is 168 Å². The minimum absolute atomic E-state index is 0.851. The molecule has 3 nitrogen and oxygen atoms in total. The third kappa shape index (κ3) is 4.49. The van der Waals surface area contributed by atoms with Crippen LogP contribution in [0.3, 0.4) is 0 Å². The summed E-state index contributed by atoms with van der Waals surface area (Å²) >= 11 is 1.98. The molecule has 0 N–H and O–H groups in total. The van der Waals surface area contributed by atoms with Crippen LogP contribution < -0.4 is 4.74 Å². The van der Waals surface area contributed by atoms with Gasteiger partial charge in [0.15, 0.2) is 0 Å². The first kappa shape index (κ1) is 18.3. The van der Waals surface area contributed by atoms with Gasteiger partial charge in [-0.15, -0.1) is 11.8 Å². The van der Waals surface area contributed by atoms with Gasteiger partial charge >= 0.3 is 0 Å². The molecule has 4 heteroatoms. The number of hydrogen-bond acceptors (Lipinski definition) is 4. The maximum Gasteiger partial charge on any atom is 0.133 e. The Kier molecular flexibility index (Phi) is 5.66. The van der Waals surface area contributed by atoms with Crippen LogP contribution in [0.2, 0.25) is 0 Å². The number of benzene rings is 1. The van der Waals surface area contributed by atoms with Crippen molar-refractivity contribution in [2.75, 3.05) is 45.1 Å². The van der Waals surface area contributed by atoms with Gasteiger partial charge in [-0.3, -0.25) is 4.90 Å². The molecule has 2 aliphatic heterocycles. The van der Waals surface area contributed by atoms with Gasteiger partial charge in [-0.05, 0) is 74.2 Å².